The number of aryl methyl sites for hydroxylation is 2. The second kappa shape index (κ2) is 6.18. The molecule has 1 aliphatic rings. The van der Waals surface area contributed by atoms with Gasteiger partial charge in [-0.1, -0.05) is 28.8 Å². The number of hydrogen-bond acceptors (Lipinski definition) is 6. The van der Waals surface area contributed by atoms with Gasteiger partial charge in [-0.25, -0.2) is 9.97 Å². The molecule has 2 heterocycles. The van der Waals surface area contributed by atoms with Gasteiger partial charge in [0, 0.05) is 17.5 Å². The van der Waals surface area contributed by atoms with Crippen LogP contribution in [0.15, 0.2) is 38.9 Å². The lowest BCUT2D eigenvalue weighted by Gasteiger charge is -2.01. The summed E-state index contributed by atoms with van der Waals surface area (Å²) in [6.45, 7) is 4.09. The molecule has 0 amide bonds. The maximum Gasteiger partial charge on any atom is 0.283 e. The highest BCUT2D eigenvalue weighted by Crippen LogP contribution is 2.39. The third-order valence-corrected chi connectivity index (χ3v) is 4.65. The third-order valence-electron chi connectivity index (χ3n) is 3.70. The van der Waals surface area contributed by atoms with Crippen molar-refractivity contribution in [2.75, 3.05) is 0 Å². The Morgan fingerprint density at radius 1 is 1.04 bits per heavy atom. The quantitative estimate of drug-likeness (QED) is 0.622. The largest absolute Gasteiger partial charge is 0.411 e. The van der Waals surface area contributed by atoms with Crippen LogP contribution in [0.3, 0.4) is 0 Å². The lowest BCUT2D eigenvalue weighted by atomic mass is 10.1. The van der Waals surface area contributed by atoms with E-state index in [9.17, 15) is 0 Å². The van der Waals surface area contributed by atoms with Crippen molar-refractivity contribution in [2.24, 2.45) is 0 Å². The second-order valence-corrected chi connectivity index (χ2v) is 7.37. The Morgan fingerprint density at radius 3 is 2.50 bits per heavy atom. The van der Waals surface area contributed by atoms with Crippen LogP contribution >= 0.6 is 23.4 Å². The molecule has 0 unspecified atom stereocenters. The summed E-state index contributed by atoms with van der Waals surface area (Å²) in [4.78, 5) is 8.82. The Morgan fingerprint density at radius 2 is 1.79 bits per heavy atom. The molecular weight excluding hydrogens is 344 g/mol. The van der Waals surface area contributed by atoms with Crippen molar-refractivity contribution < 1.29 is 4.42 Å². The van der Waals surface area contributed by atoms with Gasteiger partial charge in [0.1, 0.15) is 16.0 Å². The SMILES string of the molecule is Cc1cc(C)cc(-c2nnc(Sc3cc(Cl)nc(C4CC4)n3)o2)c1. The highest BCUT2D eigenvalue weighted by molar-refractivity contribution is 7.99. The fourth-order valence-corrected chi connectivity index (χ4v) is 3.49. The fraction of sp³-hybridized carbons (Fsp3) is 0.294. The molecule has 0 radical (unpaired) electrons. The Hall–Kier alpha value is -1.92. The summed E-state index contributed by atoms with van der Waals surface area (Å²) in [6, 6.07) is 7.89. The number of aromatic nitrogens is 4. The second-order valence-electron chi connectivity index (χ2n) is 6.01. The number of nitrogens with zero attached hydrogens (tertiary/aromatic N) is 4. The maximum absolute atomic E-state index is 6.09. The Balaban J connectivity index is 1.59. The molecule has 2 aromatic heterocycles. The Kier molecular flexibility index (Phi) is 4.02. The molecule has 1 saturated carbocycles. The highest BCUT2D eigenvalue weighted by Gasteiger charge is 2.27. The van der Waals surface area contributed by atoms with Gasteiger partial charge in [-0.2, -0.15) is 0 Å². The van der Waals surface area contributed by atoms with Crippen molar-refractivity contribution in [3.05, 3.63) is 46.4 Å². The van der Waals surface area contributed by atoms with E-state index < -0.39 is 0 Å². The van der Waals surface area contributed by atoms with Gasteiger partial charge >= 0.3 is 0 Å². The van der Waals surface area contributed by atoms with Gasteiger partial charge in [0.05, 0.1) is 0 Å². The molecule has 0 spiro atoms. The zero-order valence-electron chi connectivity index (χ0n) is 13.3. The van der Waals surface area contributed by atoms with Crippen LogP contribution in [-0.2, 0) is 0 Å². The van der Waals surface area contributed by atoms with E-state index in [1.54, 1.807) is 6.07 Å². The lowest BCUT2D eigenvalue weighted by Crippen LogP contribution is -1.94. The third kappa shape index (κ3) is 3.44. The van der Waals surface area contributed by atoms with Crippen LogP contribution in [0.2, 0.25) is 5.15 Å². The summed E-state index contributed by atoms with van der Waals surface area (Å²) in [6.07, 6.45) is 2.25. The van der Waals surface area contributed by atoms with Gasteiger partial charge in [-0.05, 0) is 50.6 Å². The molecule has 122 valence electrons. The van der Waals surface area contributed by atoms with E-state index in [2.05, 4.69) is 26.2 Å². The van der Waals surface area contributed by atoms with Crippen LogP contribution in [0, 0.1) is 13.8 Å². The minimum Gasteiger partial charge on any atom is -0.411 e. The van der Waals surface area contributed by atoms with Crippen LogP contribution in [0.1, 0.15) is 35.7 Å². The van der Waals surface area contributed by atoms with Crippen molar-refractivity contribution in [1.82, 2.24) is 20.2 Å². The molecule has 0 aliphatic heterocycles. The highest BCUT2D eigenvalue weighted by atomic mass is 35.5. The molecule has 5 nitrogen and oxygen atoms in total. The predicted molar refractivity (Wildman–Crippen MR) is 92.3 cm³/mol. The zero-order valence-corrected chi connectivity index (χ0v) is 14.9. The first kappa shape index (κ1) is 15.6. The monoisotopic (exact) mass is 358 g/mol. The summed E-state index contributed by atoms with van der Waals surface area (Å²) in [7, 11) is 0. The molecule has 1 aliphatic carbocycles. The standard InChI is InChI=1S/C17H15ClN4OS/c1-9-5-10(2)7-12(6-9)16-21-22-17(23-16)24-14-8-13(18)19-15(20-14)11-3-4-11/h5-8,11H,3-4H2,1-2H3. The summed E-state index contributed by atoms with van der Waals surface area (Å²) in [5.74, 6) is 1.75. The maximum atomic E-state index is 6.09. The zero-order chi connectivity index (χ0) is 16.7. The van der Waals surface area contributed by atoms with Crippen LogP contribution < -0.4 is 0 Å². The lowest BCUT2D eigenvalue weighted by molar-refractivity contribution is 0.465. The van der Waals surface area contributed by atoms with E-state index in [0.29, 0.717) is 22.2 Å². The molecule has 0 saturated heterocycles. The van der Waals surface area contributed by atoms with Crippen molar-refractivity contribution >= 4 is 23.4 Å². The summed E-state index contributed by atoms with van der Waals surface area (Å²) in [5, 5.41) is 9.87. The Labute approximate surface area is 148 Å². The van der Waals surface area contributed by atoms with Gasteiger partial charge in [-0.3, -0.25) is 0 Å². The molecule has 0 bridgehead atoms. The molecular formula is C17H15ClN4OS. The van der Waals surface area contributed by atoms with Gasteiger partial charge in [0.15, 0.2) is 0 Å². The molecule has 1 aromatic carbocycles. The van der Waals surface area contributed by atoms with E-state index in [0.717, 1.165) is 40.4 Å². The van der Waals surface area contributed by atoms with Crippen molar-refractivity contribution in [1.29, 1.82) is 0 Å². The average Bonchev–Trinajstić information content (AvgIpc) is 3.26. The molecule has 4 rings (SSSR count). The summed E-state index contributed by atoms with van der Waals surface area (Å²) in [5.41, 5.74) is 3.24. The van der Waals surface area contributed by atoms with Crippen molar-refractivity contribution in [2.45, 2.75) is 42.9 Å². The number of hydrogen-bond donors (Lipinski definition) is 0. The van der Waals surface area contributed by atoms with Gasteiger partial charge in [0.25, 0.3) is 5.22 Å². The summed E-state index contributed by atoms with van der Waals surface area (Å²) >= 11 is 7.40. The predicted octanol–water partition coefficient (Wildman–Crippen LogP) is 4.83. The number of halogens is 1. The fourth-order valence-electron chi connectivity index (χ4n) is 2.55. The van der Waals surface area contributed by atoms with Crippen LogP contribution in [0.25, 0.3) is 11.5 Å². The first-order valence-electron chi connectivity index (χ1n) is 7.71. The van der Waals surface area contributed by atoms with Gasteiger partial charge < -0.3 is 4.42 Å². The van der Waals surface area contributed by atoms with Gasteiger partial charge in [0.2, 0.25) is 5.89 Å². The van der Waals surface area contributed by atoms with Gasteiger partial charge in [-0.15, -0.1) is 10.2 Å². The van der Waals surface area contributed by atoms with E-state index in [-0.39, 0.29) is 0 Å². The van der Waals surface area contributed by atoms with Crippen LogP contribution in [0.5, 0.6) is 0 Å². The van der Waals surface area contributed by atoms with Crippen LogP contribution in [-0.4, -0.2) is 20.2 Å². The van der Waals surface area contributed by atoms with Crippen molar-refractivity contribution in [3.63, 3.8) is 0 Å². The smallest absolute Gasteiger partial charge is 0.283 e. The molecule has 0 N–H and O–H groups in total. The number of rotatable bonds is 4. The topological polar surface area (TPSA) is 64.7 Å². The van der Waals surface area contributed by atoms with E-state index in [4.69, 9.17) is 16.0 Å². The molecule has 7 heteroatoms. The molecule has 0 atom stereocenters. The molecule has 24 heavy (non-hydrogen) atoms. The first-order chi connectivity index (χ1) is 11.6. The van der Waals surface area contributed by atoms with E-state index in [1.165, 1.54) is 11.8 Å². The van der Waals surface area contributed by atoms with E-state index in [1.807, 2.05) is 26.0 Å². The Bertz CT molecular complexity index is 887. The normalized spacial score (nSPS) is 14.1. The van der Waals surface area contributed by atoms with E-state index >= 15 is 0 Å². The van der Waals surface area contributed by atoms with Crippen molar-refractivity contribution in [3.8, 4) is 11.5 Å². The minimum absolute atomic E-state index is 0.441. The molecule has 1 fully saturated rings. The minimum atomic E-state index is 0.441. The van der Waals surface area contributed by atoms with Crippen LogP contribution in [0.4, 0.5) is 0 Å². The first-order valence-corrected chi connectivity index (χ1v) is 8.91. The number of benzene rings is 1. The molecule has 3 aromatic rings. The summed E-state index contributed by atoms with van der Waals surface area (Å²) < 4.78 is 5.78. The average molecular weight is 359 g/mol.